The van der Waals surface area contributed by atoms with Gasteiger partial charge in [-0.3, -0.25) is 0 Å². The van der Waals surface area contributed by atoms with E-state index in [4.69, 9.17) is 5.73 Å². The second-order valence-electron chi connectivity index (χ2n) is 3.70. The van der Waals surface area contributed by atoms with Gasteiger partial charge in [0.05, 0.1) is 5.69 Å². The fourth-order valence-corrected chi connectivity index (χ4v) is 4.72. The first-order valence-corrected chi connectivity index (χ1v) is 7.74. The Balaban J connectivity index is 2.46. The molecule has 1 saturated carbocycles. The molecule has 1 fully saturated rings. The van der Waals surface area contributed by atoms with Crippen molar-refractivity contribution in [2.45, 2.75) is 23.8 Å². The summed E-state index contributed by atoms with van der Waals surface area (Å²) in [7, 11) is -3.52. The van der Waals surface area contributed by atoms with Crippen LogP contribution in [0, 0.1) is 0 Å². The number of nitrogens with one attached hydrogen (secondary N) is 1. The Morgan fingerprint density at radius 2 is 1.94 bits per heavy atom. The molecule has 0 unspecified atom stereocenters. The molecule has 1 aromatic carbocycles. The van der Waals surface area contributed by atoms with Crippen LogP contribution < -0.4 is 10.5 Å². The van der Waals surface area contributed by atoms with Gasteiger partial charge in [0, 0.05) is 15.0 Å². The number of hydrogen-bond acceptors (Lipinski definition) is 3. The van der Waals surface area contributed by atoms with Gasteiger partial charge < -0.3 is 5.73 Å². The lowest BCUT2D eigenvalue weighted by Gasteiger charge is -2.10. The van der Waals surface area contributed by atoms with Crippen molar-refractivity contribution in [3.8, 4) is 0 Å². The van der Waals surface area contributed by atoms with E-state index in [-0.39, 0.29) is 16.6 Å². The summed E-state index contributed by atoms with van der Waals surface area (Å²) in [6.07, 6.45) is 1.79. The van der Waals surface area contributed by atoms with Crippen LogP contribution in [0.2, 0.25) is 0 Å². The zero-order valence-electron chi connectivity index (χ0n) is 8.20. The molecular weight excluding hydrogens is 360 g/mol. The van der Waals surface area contributed by atoms with Gasteiger partial charge in [0.1, 0.15) is 4.90 Å². The van der Waals surface area contributed by atoms with Crippen LogP contribution in [0.3, 0.4) is 0 Å². The maximum Gasteiger partial charge on any atom is 0.243 e. The average molecular weight is 370 g/mol. The highest BCUT2D eigenvalue weighted by molar-refractivity contribution is 9.11. The largest absolute Gasteiger partial charge is 0.398 e. The van der Waals surface area contributed by atoms with Crippen molar-refractivity contribution >= 4 is 47.6 Å². The van der Waals surface area contributed by atoms with E-state index < -0.39 is 10.0 Å². The zero-order valence-corrected chi connectivity index (χ0v) is 12.2. The first-order valence-electron chi connectivity index (χ1n) is 4.67. The van der Waals surface area contributed by atoms with Gasteiger partial charge in [-0.2, -0.15) is 0 Å². The van der Waals surface area contributed by atoms with Gasteiger partial charge in [0.2, 0.25) is 10.0 Å². The normalized spacial score (nSPS) is 16.4. The molecule has 1 aliphatic carbocycles. The number of hydrogen-bond donors (Lipinski definition) is 2. The van der Waals surface area contributed by atoms with Gasteiger partial charge in [-0.15, -0.1) is 0 Å². The summed E-state index contributed by atoms with van der Waals surface area (Å²) in [5.41, 5.74) is 5.96. The third-order valence-corrected chi connectivity index (χ3v) is 5.19. The van der Waals surface area contributed by atoms with Gasteiger partial charge in [0.25, 0.3) is 0 Å². The van der Waals surface area contributed by atoms with Crippen molar-refractivity contribution in [3.05, 3.63) is 21.1 Å². The van der Waals surface area contributed by atoms with Crippen LogP contribution in [0.1, 0.15) is 12.8 Å². The molecule has 7 heteroatoms. The Morgan fingerprint density at radius 1 is 1.31 bits per heavy atom. The fourth-order valence-electron chi connectivity index (χ4n) is 1.34. The minimum Gasteiger partial charge on any atom is -0.398 e. The molecule has 0 atom stereocenters. The molecule has 0 saturated heterocycles. The van der Waals surface area contributed by atoms with E-state index in [2.05, 4.69) is 36.6 Å². The van der Waals surface area contributed by atoms with E-state index in [1.165, 1.54) is 0 Å². The van der Waals surface area contributed by atoms with E-state index in [0.717, 1.165) is 17.3 Å². The highest BCUT2D eigenvalue weighted by Crippen LogP contribution is 2.33. The molecule has 16 heavy (non-hydrogen) atoms. The van der Waals surface area contributed by atoms with Crippen molar-refractivity contribution < 1.29 is 8.42 Å². The third kappa shape index (κ3) is 2.58. The summed E-state index contributed by atoms with van der Waals surface area (Å²) in [6.45, 7) is 0. The van der Waals surface area contributed by atoms with Crippen LogP contribution in [0.15, 0.2) is 26.0 Å². The maximum atomic E-state index is 12.0. The molecule has 0 amide bonds. The lowest BCUT2D eigenvalue weighted by atomic mass is 10.3. The summed E-state index contributed by atoms with van der Waals surface area (Å²) in [4.78, 5) is 0.114. The minimum absolute atomic E-state index is 0.0694. The molecular formula is C9H10Br2N2O2S. The number of sulfonamides is 1. The number of rotatable bonds is 3. The zero-order chi connectivity index (χ0) is 11.9. The molecule has 88 valence electrons. The van der Waals surface area contributed by atoms with Crippen LogP contribution in [-0.2, 0) is 10.0 Å². The molecule has 2 rings (SSSR count). The molecule has 0 aromatic heterocycles. The summed E-state index contributed by atoms with van der Waals surface area (Å²) < 4.78 is 27.8. The van der Waals surface area contributed by atoms with E-state index in [1.54, 1.807) is 12.1 Å². The molecule has 3 N–H and O–H groups in total. The Morgan fingerprint density at radius 3 is 2.44 bits per heavy atom. The van der Waals surface area contributed by atoms with Crippen LogP contribution in [0.25, 0.3) is 0 Å². The van der Waals surface area contributed by atoms with E-state index >= 15 is 0 Å². The van der Waals surface area contributed by atoms with E-state index in [9.17, 15) is 8.42 Å². The standard InChI is InChI=1S/C9H10Br2N2O2S/c10-5-3-7(11)9(8(12)4-5)16(14,15)13-6-1-2-6/h3-4,6,13H,1-2,12H2. The predicted octanol–water partition coefficient (Wildman–Crippen LogP) is 2.23. The van der Waals surface area contributed by atoms with Crippen molar-refractivity contribution in [3.63, 3.8) is 0 Å². The van der Waals surface area contributed by atoms with Gasteiger partial charge in [-0.1, -0.05) is 15.9 Å². The van der Waals surface area contributed by atoms with Gasteiger partial charge in [0.15, 0.2) is 0 Å². The highest BCUT2D eigenvalue weighted by Gasteiger charge is 2.30. The molecule has 0 radical (unpaired) electrons. The first kappa shape index (κ1) is 12.3. The number of anilines is 1. The highest BCUT2D eigenvalue weighted by atomic mass is 79.9. The molecule has 1 aromatic rings. The van der Waals surface area contributed by atoms with Crippen LogP contribution in [0.5, 0.6) is 0 Å². The molecule has 4 nitrogen and oxygen atoms in total. The molecule has 0 aliphatic heterocycles. The number of nitrogens with two attached hydrogens (primary N) is 1. The smallest absolute Gasteiger partial charge is 0.243 e. The van der Waals surface area contributed by atoms with Gasteiger partial charge in [-0.05, 0) is 40.9 Å². The average Bonchev–Trinajstić information content (AvgIpc) is 2.83. The summed E-state index contributed by atoms with van der Waals surface area (Å²) >= 11 is 6.47. The van der Waals surface area contributed by atoms with Crippen molar-refractivity contribution in [2.75, 3.05) is 5.73 Å². The number of halogens is 2. The first-order chi connectivity index (χ1) is 7.40. The van der Waals surface area contributed by atoms with E-state index in [1.807, 2.05) is 0 Å². The number of benzene rings is 1. The molecule has 0 bridgehead atoms. The monoisotopic (exact) mass is 368 g/mol. The van der Waals surface area contributed by atoms with Crippen LogP contribution in [0.4, 0.5) is 5.69 Å². The van der Waals surface area contributed by atoms with Crippen molar-refractivity contribution in [1.29, 1.82) is 0 Å². The Bertz CT molecular complexity index is 503. The second-order valence-corrected chi connectivity index (χ2v) is 7.12. The quantitative estimate of drug-likeness (QED) is 0.802. The topological polar surface area (TPSA) is 72.2 Å². The molecule has 0 heterocycles. The number of nitrogen functional groups attached to an aromatic ring is 1. The van der Waals surface area contributed by atoms with Gasteiger partial charge in [-0.25, -0.2) is 13.1 Å². The Hall–Kier alpha value is -0.110. The summed E-state index contributed by atoms with van der Waals surface area (Å²) in [6, 6.07) is 3.31. The SMILES string of the molecule is Nc1cc(Br)cc(Br)c1S(=O)(=O)NC1CC1. The predicted molar refractivity (Wildman–Crippen MR) is 69.6 cm³/mol. The van der Waals surface area contributed by atoms with Crippen molar-refractivity contribution in [2.24, 2.45) is 0 Å². The Labute approximate surface area is 111 Å². The van der Waals surface area contributed by atoms with Gasteiger partial charge >= 0.3 is 0 Å². The summed E-state index contributed by atoms with van der Waals surface area (Å²) in [5, 5.41) is 0. The second kappa shape index (κ2) is 4.29. The molecule has 0 spiro atoms. The van der Waals surface area contributed by atoms with Crippen LogP contribution in [-0.4, -0.2) is 14.5 Å². The maximum absolute atomic E-state index is 12.0. The summed E-state index contributed by atoms with van der Waals surface area (Å²) in [5.74, 6) is 0. The Kier molecular flexibility index (Phi) is 3.31. The molecule has 1 aliphatic rings. The minimum atomic E-state index is -3.52. The van der Waals surface area contributed by atoms with Crippen molar-refractivity contribution in [1.82, 2.24) is 4.72 Å². The lowest BCUT2D eigenvalue weighted by Crippen LogP contribution is -2.26. The fraction of sp³-hybridized carbons (Fsp3) is 0.333. The lowest BCUT2D eigenvalue weighted by molar-refractivity contribution is 0.581. The van der Waals surface area contributed by atoms with E-state index in [0.29, 0.717) is 4.47 Å². The van der Waals surface area contributed by atoms with Crippen LogP contribution >= 0.6 is 31.9 Å². The third-order valence-electron chi connectivity index (χ3n) is 2.21.